The summed E-state index contributed by atoms with van der Waals surface area (Å²) < 4.78 is 5.95. The standard InChI is InChI=1S/C24H22ClNO3/c25-18-8-6-16(7-9-18)12-23-21(14-24(27)28)20-13-19(10-11-22(20)26-23)29-15-17-4-2-1-3-5-17/h1-11,13,21,23,26H,12,14-15H2,(H,27,28). The highest BCUT2D eigenvalue weighted by atomic mass is 35.5. The van der Waals surface area contributed by atoms with E-state index in [1.165, 1.54) is 0 Å². The van der Waals surface area contributed by atoms with Gasteiger partial charge in [0.2, 0.25) is 0 Å². The lowest BCUT2D eigenvalue weighted by Crippen LogP contribution is -2.25. The Hall–Kier alpha value is -2.98. The Morgan fingerprint density at radius 1 is 1.00 bits per heavy atom. The lowest BCUT2D eigenvalue weighted by Gasteiger charge is -2.19. The van der Waals surface area contributed by atoms with Crippen molar-refractivity contribution in [1.29, 1.82) is 0 Å². The molecule has 1 heterocycles. The molecule has 5 heteroatoms. The van der Waals surface area contributed by atoms with Crippen molar-refractivity contribution in [3.63, 3.8) is 0 Å². The molecule has 3 aromatic carbocycles. The minimum absolute atomic E-state index is 0.00616. The van der Waals surface area contributed by atoms with Crippen molar-refractivity contribution in [3.8, 4) is 5.75 Å². The molecule has 2 N–H and O–H groups in total. The predicted molar refractivity (Wildman–Crippen MR) is 115 cm³/mol. The number of ether oxygens (including phenoxy) is 1. The smallest absolute Gasteiger partial charge is 0.304 e. The molecule has 2 atom stereocenters. The van der Waals surface area contributed by atoms with Crippen molar-refractivity contribution in [2.24, 2.45) is 0 Å². The van der Waals surface area contributed by atoms with E-state index in [0.29, 0.717) is 11.6 Å². The summed E-state index contributed by atoms with van der Waals surface area (Å²) >= 11 is 5.98. The van der Waals surface area contributed by atoms with Crippen LogP contribution in [-0.4, -0.2) is 17.1 Å². The molecule has 148 valence electrons. The molecule has 3 aromatic rings. The van der Waals surface area contributed by atoms with E-state index in [0.717, 1.165) is 34.5 Å². The Bertz CT molecular complexity index is 989. The monoisotopic (exact) mass is 407 g/mol. The van der Waals surface area contributed by atoms with Crippen molar-refractivity contribution in [1.82, 2.24) is 0 Å². The van der Waals surface area contributed by atoms with Crippen LogP contribution in [0.1, 0.15) is 29.0 Å². The third kappa shape index (κ3) is 4.72. The number of carboxylic acid groups (broad SMARTS) is 1. The SMILES string of the molecule is O=C(O)CC1c2cc(OCc3ccccc3)ccc2NC1Cc1ccc(Cl)cc1. The minimum atomic E-state index is -0.804. The summed E-state index contributed by atoms with van der Waals surface area (Å²) in [5, 5.41) is 13.7. The number of fused-ring (bicyclic) bond motifs is 1. The summed E-state index contributed by atoms with van der Waals surface area (Å²) in [6, 6.07) is 23.6. The Morgan fingerprint density at radius 2 is 1.76 bits per heavy atom. The van der Waals surface area contributed by atoms with Crippen LogP contribution >= 0.6 is 11.6 Å². The quantitative estimate of drug-likeness (QED) is 0.541. The van der Waals surface area contributed by atoms with Gasteiger partial charge in [-0.2, -0.15) is 0 Å². The van der Waals surface area contributed by atoms with Gasteiger partial charge in [-0.1, -0.05) is 54.1 Å². The summed E-state index contributed by atoms with van der Waals surface area (Å²) in [6.07, 6.45) is 0.796. The second-order valence-corrected chi connectivity index (χ2v) is 7.75. The maximum Gasteiger partial charge on any atom is 0.304 e. The van der Waals surface area contributed by atoms with Crippen LogP contribution in [0.2, 0.25) is 5.02 Å². The van der Waals surface area contributed by atoms with E-state index in [9.17, 15) is 9.90 Å². The van der Waals surface area contributed by atoms with Gasteiger partial charge in [0.15, 0.2) is 0 Å². The number of halogens is 1. The first-order valence-electron chi connectivity index (χ1n) is 9.62. The third-order valence-corrected chi connectivity index (χ3v) is 5.51. The van der Waals surface area contributed by atoms with Crippen LogP contribution in [0.3, 0.4) is 0 Å². The zero-order chi connectivity index (χ0) is 20.2. The lowest BCUT2D eigenvalue weighted by atomic mass is 9.88. The number of aliphatic carboxylic acids is 1. The van der Waals surface area contributed by atoms with E-state index in [4.69, 9.17) is 16.3 Å². The van der Waals surface area contributed by atoms with Gasteiger partial charge in [0.05, 0.1) is 6.42 Å². The van der Waals surface area contributed by atoms with E-state index in [-0.39, 0.29) is 18.4 Å². The Morgan fingerprint density at radius 3 is 2.48 bits per heavy atom. The average Bonchev–Trinajstić information content (AvgIpc) is 3.05. The van der Waals surface area contributed by atoms with Crippen LogP contribution < -0.4 is 10.1 Å². The minimum Gasteiger partial charge on any atom is -0.489 e. The fourth-order valence-electron chi connectivity index (χ4n) is 3.83. The van der Waals surface area contributed by atoms with Gasteiger partial charge in [-0.25, -0.2) is 0 Å². The van der Waals surface area contributed by atoms with E-state index in [1.807, 2.05) is 72.8 Å². The molecular weight excluding hydrogens is 386 g/mol. The summed E-state index contributed by atoms with van der Waals surface area (Å²) in [5.74, 6) is -0.184. The summed E-state index contributed by atoms with van der Waals surface area (Å²) in [5.41, 5.74) is 4.18. The first-order chi connectivity index (χ1) is 14.1. The van der Waals surface area contributed by atoms with Crippen LogP contribution in [0.4, 0.5) is 5.69 Å². The topological polar surface area (TPSA) is 58.6 Å². The number of nitrogens with one attached hydrogen (secondary N) is 1. The molecule has 4 rings (SSSR count). The first kappa shape index (κ1) is 19.3. The van der Waals surface area contributed by atoms with E-state index < -0.39 is 5.97 Å². The highest BCUT2D eigenvalue weighted by Crippen LogP contribution is 2.41. The second-order valence-electron chi connectivity index (χ2n) is 7.31. The van der Waals surface area contributed by atoms with Gasteiger partial charge < -0.3 is 15.2 Å². The maximum absolute atomic E-state index is 11.5. The maximum atomic E-state index is 11.5. The van der Waals surface area contributed by atoms with Crippen molar-refractivity contribution in [3.05, 3.63) is 94.5 Å². The molecule has 0 aliphatic carbocycles. The summed E-state index contributed by atoms with van der Waals surface area (Å²) in [4.78, 5) is 11.5. The number of rotatable bonds is 7. The summed E-state index contributed by atoms with van der Waals surface area (Å²) in [6.45, 7) is 0.477. The second kappa shape index (κ2) is 8.58. The van der Waals surface area contributed by atoms with Crippen LogP contribution in [0.25, 0.3) is 0 Å². The molecule has 0 spiro atoms. The number of carbonyl (C=O) groups is 1. The van der Waals surface area contributed by atoms with Crippen LogP contribution in [-0.2, 0) is 17.8 Å². The van der Waals surface area contributed by atoms with Crippen LogP contribution in [0.5, 0.6) is 5.75 Å². The Labute approximate surface area is 175 Å². The third-order valence-electron chi connectivity index (χ3n) is 5.26. The van der Waals surface area contributed by atoms with Crippen LogP contribution in [0, 0.1) is 0 Å². The van der Waals surface area contributed by atoms with E-state index in [2.05, 4.69) is 5.32 Å². The number of anilines is 1. The lowest BCUT2D eigenvalue weighted by molar-refractivity contribution is -0.137. The molecule has 0 fully saturated rings. The molecule has 4 nitrogen and oxygen atoms in total. The zero-order valence-electron chi connectivity index (χ0n) is 15.8. The number of hydrogen-bond acceptors (Lipinski definition) is 3. The van der Waals surface area contributed by atoms with Crippen molar-refractivity contribution in [2.45, 2.75) is 31.4 Å². The van der Waals surface area contributed by atoms with Gasteiger partial charge in [-0.3, -0.25) is 4.79 Å². The van der Waals surface area contributed by atoms with Gasteiger partial charge >= 0.3 is 5.97 Å². The largest absolute Gasteiger partial charge is 0.489 e. The van der Waals surface area contributed by atoms with E-state index in [1.54, 1.807) is 0 Å². The highest BCUT2D eigenvalue weighted by Gasteiger charge is 2.34. The average molecular weight is 408 g/mol. The van der Waals surface area contributed by atoms with Crippen LogP contribution in [0.15, 0.2) is 72.8 Å². The Kier molecular flexibility index (Phi) is 5.72. The number of hydrogen-bond donors (Lipinski definition) is 2. The molecule has 29 heavy (non-hydrogen) atoms. The molecule has 0 radical (unpaired) electrons. The fraction of sp³-hybridized carbons (Fsp3) is 0.208. The molecule has 0 amide bonds. The zero-order valence-corrected chi connectivity index (χ0v) is 16.6. The van der Waals surface area contributed by atoms with Crippen molar-refractivity contribution >= 4 is 23.3 Å². The van der Waals surface area contributed by atoms with Gasteiger partial charge in [-0.05, 0) is 53.4 Å². The van der Waals surface area contributed by atoms with Gasteiger partial charge in [0.25, 0.3) is 0 Å². The summed E-state index contributed by atoms with van der Waals surface area (Å²) in [7, 11) is 0. The molecule has 0 saturated carbocycles. The van der Waals surface area contributed by atoms with Gasteiger partial charge in [0.1, 0.15) is 12.4 Å². The predicted octanol–water partition coefficient (Wildman–Crippen LogP) is 5.51. The normalized spacial score (nSPS) is 17.4. The fourth-order valence-corrected chi connectivity index (χ4v) is 3.96. The molecule has 1 aliphatic rings. The van der Waals surface area contributed by atoms with Crippen molar-refractivity contribution < 1.29 is 14.6 Å². The Balaban J connectivity index is 1.53. The number of benzene rings is 3. The highest BCUT2D eigenvalue weighted by molar-refractivity contribution is 6.30. The number of carboxylic acids is 1. The molecule has 0 saturated heterocycles. The van der Waals surface area contributed by atoms with Gasteiger partial charge in [-0.15, -0.1) is 0 Å². The molecular formula is C24H22ClNO3. The molecule has 0 aromatic heterocycles. The molecule has 0 bridgehead atoms. The first-order valence-corrected chi connectivity index (χ1v) is 10.00. The van der Waals surface area contributed by atoms with E-state index >= 15 is 0 Å². The molecule has 2 unspecified atom stereocenters. The van der Waals surface area contributed by atoms with Crippen molar-refractivity contribution in [2.75, 3.05) is 5.32 Å². The van der Waals surface area contributed by atoms with Gasteiger partial charge in [0, 0.05) is 22.7 Å². The molecule has 1 aliphatic heterocycles.